The molecule has 0 N–H and O–H groups in total. The number of hydrogen-bond acceptors (Lipinski definition) is 3. The Kier molecular flexibility index (Phi) is 3.18. The average molecular weight is 284 g/mol. The Balaban J connectivity index is 1.94. The summed E-state index contributed by atoms with van der Waals surface area (Å²) < 4.78 is 39.9. The third-order valence-corrected chi connectivity index (χ3v) is 3.90. The van der Waals surface area contributed by atoms with E-state index in [0.29, 0.717) is 12.6 Å². The molecule has 0 amide bonds. The first-order chi connectivity index (χ1) is 9.15. The molecule has 0 atom stereocenters. The molecule has 2 nitrogen and oxygen atoms in total. The molecule has 0 aliphatic heterocycles. The Labute approximate surface area is 112 Å². The molecule has 0 saturated heterocycles. The average Bonchev–Trinajstić information content (AvgIpc) is 3.09. The monoisotopic (exact) mass is 284 g/mol. The quantitative estimate of drug-likeness (QED) is 0.795. The fourth-order valence-corrected chi connectivity index (χ4v) is 2.67. The number of aromatic nitrogens is 1. The van der Waals surface area contributed by atoms with Gasteiger partial charge in [0, 0.05) is 17.0 Å². The predicted octanol–water partition coefficient (Wildman–Crippen LogP) is 3.73. The van der Waals surface area contributed by atoms with Crippen LogP contribution in [0, 0.1) is 17.6 Å². The minimum Gasteiger partial charge on any atom is -0.346 e. The SMILES string of the molecule is Fc1cc(F)c(N(Cc2cccs2)C2CC2)nc1F. The first-order valence-corrected chi connectivity index (χ1v) is 6.83. The van der Waals surface area contributed by atoms with Gasteiger partial charge < -0.3 is 4.90 Å². The van der Waals surface area contributed by atoms with Crippen LogP contribution < -0.4 is 4.90 Å². The first-order valence-electron chi connectivity index (χ1n) is 5.95. The van der Waals surface area contributed by atoms with E-state index in [2.05, 4.69) is 4.98 Å². The molecule has 1 saturated carbocycles. The van der Waals surface area contributed by atoms with Crippen molar-refractivity contribution in [3.05, 3.63) is 46.0 Å². The van der Waals surface area contributed by atoms with E-state index in [-0.39, 0.29) is 11.9 Å². The number of halogens is 3. The van der Waals surface area contributed by atoms with Crippen LogP contribution >= 0.6 is 11.3 Å². The van der Waals surface area contributed by atoms with Gasteiger partial charge in [-0.25, -0.2) is 8.78 Å². The minimum absolute atomic E-state index is 0.102. The summed E-state index contributed by atoms with van der Waals surface area (Å²) in [7, 11) is 0. The minimum atomic E-state index is -1.26. The number of rotatable bonds is 4. The molecule has 0 spiro atoms. The van der Waals surface area contributed by atoms with Crippen LogP contribution in [0.25, 0.3) is 0 Å². The highest BCUT2D eigenvalue weighted by Crippen LogP contribution is 2.34. The molecule has 6 heteroatoms. The Hall–Kier alpha value is -1.56. The van der Waals surface area contributed by atoms with Crippen LogP contribution in [0.15, 0.2) is 23.6 Å². The summed E-state index contributed by atoms with van der Waals surface area (Å²) in [4.78, 5) is 6.18. The van der Waals surface area contributed by atoms with E-state index in [9.17, 15) is 13.2 Å². The standard InChI is InChI=1S/C13H11F3N2S/c14-10-6-11(15)13(17-12(10)16)18(8-3-4-8)7-9-2-1-5-19-9/h1-2,5-6,8H,3-4,7H2. The predicted molar refractivity (Wildman–Crippen MR) is 67.6 cm³/mol. The van der Waals surface area contributed by atoms with Crippen LogP contribution in [0.1, 0.15) is 17.7 Å². The van der Waals surface area contributed by atoms with Crippen LogP contribution in [0.4, 0.5) is 19.0 Å². The van der Waals surface area contributed by atoms with Gasteiger partial charge in [0.25, 0.3) is 5.95 Å². The van der Waals surface area contributed by atoms with Gasteiger partial charge in [0.2, 0.25) is 0 Å². The first kappa shape index (κ1) is 12.5. The van der Waals surface area contributed by atoms with Gasteiger partial charge in [0.05, 0.1) is 6.54 Å². The van der Waals surface area contributed by atoms with E-state index >= 15 is 0 Å². The highest BCUT2D eigenvalue weighted by molar-refractivity contribution is 7.09. The molecular weight excluding hydrogens is 273 g/mol. The highest BCUT2D eigenvalue weighted by Gasteiger charge is 2.32. The van der Waals surface area contributed by atoms with Crippen molar-refractivity contribution in [3.8, 4) is 0 Å². The van der Waals surface area contributed by atoms with Crippen molar-refractivity contribution in [2.24, 2.45) is 0 Å². The molecule has 0 aromatic carbocycles. The molecule has 2 aromatic heterocycles. The molecule has 1 aliphatic rings. The van der Waals surface area contributed by atoms with Crippen molar-refractivity contribution < 1.29 is 13.2 Å². The maximum Gasteiger partial charge on any atom is 0.251 e. The van der Waals surface area contributed by atoms with Crippen molar-refractivity contribution >= 4 is 17.2 Å². The molecule has 0 bridgehead atoms. The molecule has 0 radical (unpaired) electrons. The van der Waals surface area contributed by atoms with E-state index in [4.69, 9.17) is 0 Å². The summed E-state index contributed by atoms with van der Waals surface area (Å²) in [5, 5.41) is 1.93. The van der Waals surface area contributed by atoms with Crippen LogP contribution in [-0.4, -0.2) is 11.0 Å². The van der Waals surface area contributed by atoms with Crippen molar-refractivity contribution in [3.63, 3.8) is 0 Å². The molecule has 19 heavy (non-hydrogen) atoms. The van der Waals surface area contributed by atoms with Crippen LogP contribution in [-0.2, 0) is 6.54 Å². The van der Waals surface area contributed by atoms with Gasteiger partial charge >= 0.3 is 0 Å². The van der Waals surface area contributed by atoms with Gasteiger partial charge in [-0.05, 0) is 24.3 Å². The summed E-state index contributed by atoms with van der Waals surface area (Å²) in [6.07, 6.45) is 1.84. The molecule has 0 unspecified atom stereocenters. The zero-order valence-electron chi connectivity index (χ0n) is 9.94. The van der Waals surface area contributed by atoms with Crippen LogP contribution in [0.3, 0.4) is 0 Å². The second-order valence-corrected chi connectivity index (χ2v) is 5.54. The summed E-state index contributed by atoms with van der Waals surface area (Å²) in [6, 6.07) is 4.55. The van der Waals surface area contributed by atoms with E-state index in [1.54, 1.807) is 16.2 Å². The van der Waals surface area contributed by atoms with E-state index in [1.807, 2.05) is 17.5 Å². The topological polar surface area (TPSA) is 16.1 Å². The normalized spacial score (nSPS) is 14.7. The van der Waals surface area contributed by atoms with Crippen molar-refractivity contribution in [2.45, 2.75) is 25.4 Å². The second kappa shape index (κ2) is 4.85. The van der Waals surface area contributed by atoms with Gasteiger partial charge in [0.15, 0.2) is 17.5 Å². The molecule has 3 rings (SSSR count). The lowest BCUT2D eigenvalue weighted by atomic mass is 10.3. The summed E-state index contributed by atoms with van der Waals surface area (Å²) in [6.45, 7) is 0.470. The zero-order chi connectivity index (χ0) is 13.4. The summed E-state index contributed by atoms with van der Waals surface area (Å²) in [5.74, 6) is -3.43. The second-order valence-electron chi connectivity index (χ2n) is 4.50. The number of hydrogen-bond donors (Lipinski definition) is 0. The van der Waals surface area contributed by atoms with Gasteiger partial charge in [-0.15, -0.1) is 11.3 Å². The van der Waals surface area contributed by atoms with Crippen molar-refractivity contribution in [2.75, 3.05) is 4.90 Å². The molecule has 1 aliphatic carbocycles. The van der Waals surface area contributed by atoms with E-state index in [1.165, 1.54) is 0 Å². The number of thiophene rings is 1. The summed E-state index contributed by atoms with van der Waals surface area (Å²) >= 11 is 1.54. The highest BCUT2D eigenvalue weighted by atomic mass is 32.1. The zero-order valence-corrected chi connectivity index (χ0v) is 10.8. The Morgan fingerprint density at radius 3 is 2.68 bits per heavy atom. The summed E-state index contributed by atoms with van der Waals surface area (Å²) in [5.41, 5.74) is 0. The maximum atomic E-state index is 13.8. The number of anilines is 1. The molecule has 2 aromatic rings. The molecule has 2 heterocycles. The smallest absolute Gasteiger partial charge is 0.251 e. The fraction of sp³-hybridized carbons (Fsp3) is 0.308. The lowest BCUT2D eigenvalue weighted by Crippen LogP contribution is -2.27. The van der Waals surface area contributed by atoms with Gasteiger partial charge in [-0.2, -0.15) is 9.37 Å². The molecule has 1 fully saturated rings. The van der Waals surface area contributed by atoms with Crippen molar-refractivity contribution in [1.82, 2.24) is 4.98 Å². The van der Waals surface area contributed by atoms with Crippen LogP contribution in [0.5, 0.6) is 0 Å². The van der Waals surface area contributed by atoms with Crippen LogP contribution in [0.2, 0.25) is 0 Å². The Bertz CT molecular complexity index is 582. The number of nitrogens with zero attached hydrogens (tertiary/aromatic N) is 2. The lowest BCUT2D eigenvalue weighted by molar-refractivity contribution is 0.462. The van der Waals surface area contributed by atoms with Crippen molar-refractivity contribution in [1.29, 1.82) is 0 Å². The third-order valence-electron chi connectivity index (χ3n) is 3.03. The largest absolute Gasteiger partial charge is 0.346 e. The molecular formula is C13H11F3N2S. The Morgan fingerprint density at radius 2 is 2.05 bits per heavy atom. The maximum absolute atomic E-state index is 13.8. The fourth-order valence-electron chi connectivity index (χ4n) is 1.97. The van der Waals surface area contributed by atoms with E-state index in [0.717, 1.165) is 17.7 Å². The molecule has 100 valence electrons. The Morgan fingerprint density at radius 1 is 1.26 bits per heavy atom. The third kappa shape index (κ3) is 2.58. The van der Waals surface area contributed by atoms with E-state index < -0.39 is 17.6 Å². The number of pyridine rings is 1. The van der Waals surface area contributed by atoms with Gasteiger partial charge in [-0.1, -0.05) is 6.07 Å². The van der Waals surface area contributed by atoms with Gasteiger partial charge in [0.1, 0.15) is 0 Å². The lowest BCUT2D eigenvalue weighted by Gasteiger charge is -2.23. The van der Waals surface area contributed by atoms with Gasteiger partial charge in [-0.3, -0.25) is 0 Å².